The Kier molecular flexibility index (Phi) is 6.82. The summed E-state index contributed by atoms with van der Waals surface area (Å²) in [4.78, 5) is 19.4. The molecule has 2 aliphatic rings. The highest BCUT2D eigenvalue weighted by Crippen LogP contribution is 2.26. The van der Waals surface area contributed by atoms with Gasteiger partial charge >= 0.3 is 6.03 Å². The highest BCUT2D eigenvalue weighted by atomic mass is 16.5. The third-order valence-corrected chi connectivity index (χ3v) is 6.29. The SMILES string of the molecule is COc1ccc(C(CNC(=O)N2CCN(c3cccc(O)c3)CC2)N2CCCC2)cc1. The number of phenolic OH excluding ortho intramolecular Hbond substituents is 1. The van der Waals surface area contributed by atoms with E-state index in [-0.39, 0.29) is 17.8 Å². The molecule has 2 fully saturated rings. The molecule has 2 heterocycles. The zero-order valence-electron chi connectivity index (χ0n) is 18.2. The molecule has 2 aromatic rings. The lowest BCUT2D eigenvalue weighted by Crippen LogP contribution is -2.52. The van der Waals surface area contributed by atoms with Crippen molar-refractivity contribution in [1.29, 1.82) is 0 Å². The van der Waals surface area contributed by atoms with Crippen LogP contribution in [-0.4, -0.2) is 73.9 Å². The molecule has 0 radical (unpaired) electrons. The molecular formula is C24H32N4O3. The van der Waals surface area contributed by atoms with E-state index >= 15 is 0 Å². The molecule has 2 aromatic carbocycles. The van der Waals surface area contributed by atoms with Crippen molar-refractivity contribution < 1.29 is 14.6 Å². The Hall–Kier alpha value is -2.93. The third-order valence-electron chi connectivity index (χ3n) is 6.29. The number of urea groups is 1. The molecule has 0 spiro atoms. The molecule has 2 amide bonds. The molecule has 4 rings (SSSR count). The van der Waals surface area contributed by atoms with E-state index in [1.54, 1.807) is 19.2 Å². The minimum atomic E-state index is -0.00623. The molecule has 0 saturated carbocycles. The molecule has 0 bridgehead atoms. The second-order valence-electron chi connectivity index (χ2n) is 8.21. The second-order valence-corrected chi connectivity index (χ2v) is 8.21. The van der Waals surface area contributed by atoms with Crippen LogP contribution in [0.4, 0.5) is 10.5 Å². The van der Waals surface area contributed by atoms with Gasteiger partial charge in [0.05, 0.1) is 13.2 Å². The zero-order chi connectivity index (χ0) is 21.6. The number of anilines is 1. The maximum atomic E-state index is 12.9. The lowest BCUT2D eigenvalue weighted by Gasteiger charge is -2.36. The number of rotatable bonds is 6. The molecule has 0 aromatic heterocycles. The molecule has 166 valence electrons. The summed E-state index contributed by atoms with van der Waals surface area (Å²) in [6, 6.07) is 15.6. The molecule has 1 unspecified atom stereocenters. The first-order chi connectivity index (χ1) is 15.1. The highest BCUT2D eigenvalue weighted by molar-refractivity contribution is 5.74. The summed E-state index contributed by atoms with van der Waals surface area (Å²) >= 11 is 0. The standard InChI is InChI=1S/C24H32N4O3/c1-31-22-9-7-19(8-10-22)23(27-11-2-3-12-27)18-25-24(30)28-15-13-26(14-16-28)20-5-4-6-21(29)17-20/h4-10,17,23,29H,2-3,11-16,18H2,1H3,(H,25,30). The number of nitrogens with one attached hydrogen (secondary N) is 1. The Bertz CT molecular complexity index is 859. The van der Waals surface area contributed by atoms with Gasteiger partial charge in [-0.25, -0.2) is 4.79 Å². The van der Waals surface area contributed by atoms with Gasteiger partial charge in [-0.15, -0.1) is 0 Å². The Balaban J connectivity index is 1.33. The van der Waals surface area contributed by atoms with Crippen molar-refractivity contribution in [1.82, 2.24) is 15.1 Å². The first-order valence-corrected chi connectivity index (χ1v) is 11.1. The van der Waals surface area contributed by atoms with Crippen molar-refractivity contribution in [3.05, 3.63) is 54.1 Å². The number of benzene rings is 2. The predicted octanol–water partition coefficient (Wildman–Crippen LogP) is 3.07. The van der Waals surface area contributed by atoms with Crippen LogP contribution in [0.1, 0.15) is 24.4 Å². The van der Waals surface area contributed by atoms with Gasteiger partial charge in [0.25, 0.3) is 0 Å². The van der Waals surface area contributed by atoms with E-state index in [1.807, 2.05) is 29.2 Å². The van der Waals surface area contributed by atoms with E-state index < -0.39 is 0 Å². The van der Waals surface area contributed by atoms with E-state index in [0.717, 1.165) is 37.6 Å². The zero-order valence-corrected chi connectivity index (χ0v) is 18.2. The van der Waals surface area contributed by atoms with Crippen molar-refractivity contribution in [2.45, 2.75) is 18.9 Å². The lowest BCUT2D eigenvalue weighted by atomic mass is 10.1. The van der Waals surface area contributed by atoms with Crippen LogP contribution in [0.15, 0.2) is 48.5 Å². The third kappa shape index (κ3) is 5.22. The van der Waals surface area contributed by atoms with E-state index in [4.69, 9.17) is 4.74 Å². The number of carbonyl (C=O) groups excluding carboxylic acids is 1. The van der Waals surface area contributed by atoms with E-state index in [1.165, 1.54) is 18.4 Å². The molecule has 0 aliphatic carbocycles. The van der Waals surface area contributed by atoms with Gasteiger partial charge in [-0.3, -0.25) is 4.90 Å². The number of hydrogen-bond acceptors (Lipinski definition) is 5. The highest BCUT2D eigenvalue weighted by Gasteiger charge is 2.26. The number of ether oxygens (including phenoxy) is 1. The number of nitrogens with zero attached hydrogens (tertiary/aromatic N) is 3. The van der Waals surface area contributed by atoms with Crippen molar-refractivity contribution in [2.24, 2.45) is 0 Å². The largest absolute Gasteiger partial charge is 0.508 e. The summed E-state index contributed by atoms with van der Waals surface area (Å²) in [5.74, 6) is 1.11. The number of carbonyl (C=O) groups is 1. The molecular weight excluding hydrogens is 392 g/mol. The number of phenols is 1. The minimum absolute atomic E-state index is 0.00623. The smallest absolute Gasteiger partial charge is 0.317 e. The van der Waals surface area contributed by atoms with Crippen molar-refractivity contribution in [2.75, 3.05) is 57.8 Å². The average Bonchev–Trinajstić information content (AvgIpc) is 3.34. The Morgan fingerprint density at radius 2 is 1.74 bits per heavy atom. The maximum Gasteiger partial charge on any atom is 0.317 e. The predicted molar refractivity (Wildman–Crippen MR) is 122 cm³/mol. The Morgan fingerprint density at radius 1 is 1.03 bits per heavy atom. The van der Waals surface area contributed by atoms with Crippen molar-refractivity contribution in [3.63, 3.8) is 0 Å². The fraction of sp³-hybridized carbons (Fsp3) is 0.458. The summed E-state index contributed by atoms with van der Waals surface area (Å²) in [5, 5.41) is 12.9. The van der Waals surface area contributed by atoms with Gasteiger partial charge in [0, 0.05) is 44.5 Å². The van der Waals surface area contributed by atoms with Gasteiger partial charge in [-0.1, -0.05) is 18.2 Å². The van der Waals surface area contributed by atoms with Crippen LogP contribution in [0.3, 0.4) is 0 Å². The van der Waals surface area contributed by atoms with Gasteiger partial charge in [0.15, 0.2) is 0 Å². The molecule has 31 heavy (non-hydrogen) atoms. The van der Waals surface area contributed by atoms with E-state index in [9.17, 15) is 9.90 Å². The first kappa shape index (κ1) is 21.3. The fourth-order valence-electron chi connectivity index (χ4n) is 4.49. The van der Waals surface area contributed by atoms with Crippen LogP contribution < -0.4 is 15.0 Å². The number of likely N-dealkylation sites (tertiary alicyclic amines) is 1. The number of aromatic hydroxyl groups is 1. The molecule has 2 saturated heterocycles. The van der Waals surface area contributed by atoms with Gasteiger partial charge < -0.3 is 25.0 Å². The molecule has 1 atom stereocenters. The van der Waals surface area contributed by atoms with Crippen LogP contribution in [0, 0.1) is 0 Å². The molecule has 7 nitrogen and oxygen atoms in total. The van der Waals surface area contributed by atoms with Crippen LogP contribution in [0.25, 0.3) is 0 Å². The van der Waals surface area contributed by atoms with Crippen molar-refractivity contribution >= 4 is 11.7 Å². The van der Waals surface area contributed by atoms with E-state index in [2.05, 4.69) is 27.2 Å². The summed E-state index contributed by atoms with van der Waals surface area (Å²) < 4.78 is 5.29. The minimum Gasteiger partial charge on any atom is -0.508 e. The Morgan fingerprint density at radius 3 is 2.39 bits per heavy atom. The molecule has 2 aliphatic heterocycles. The Labute approximate surface area is 184 Å². The number of methoxy groups -OCH3 is 1. The number of hydrogen-bond donors (Lipinski definition) is 2. The van der Waals surface area contributed by atoms with Crippen LogP contribution in [0.5, 0.6) is 11.5 Å². The van der Waals surface area contributed by atoms with Gasteiger partial charge in [-0.2, -0.15) is 0 Å². The quantitative estimate of drug-likeness (QED) is 0.746. The summed E-state index contributed by atoms with van der Waals surface area (Å²) in [7, 11) is 1.67. The topological polar surface area (TPSA) is 68.3 Å². The van der Waals surface area contributed by atoms with E-state index in [0.29, 0.717) is 19.6 Å². The number of amides is 2. The monoisotopic (exact) mass is 424 g/mol. The summed E-state index contributed by atoms with van der Waals surface area (Å²) in [6.45, 7) is 5.56. The van der Waals surface area contributed by atoms with Crippen LogP contribution in [-0.2, 0) is 0 Å². The fourth-order valence-corrected chi connectivity index (χ4v) is 4.49. The van der Waals surface area contributed by atoms with Gasteiger partial charge in [-0.05, 0) is 55.8 Å². The van der Waals surface area contributed by atoms with Gasteiger partial charge in [0.1, 0.15) is 11.5 Å². The second kappa shape index (κ2) is 9.92. The van der Waals surface area contributed by atoms with Crippen LogP contribution >= 0.6 is 0 Å². The lowest BCUT2D eigenvalue weighted by molar-refractivity contribution is 0.185. The maximum absolute atomic E-state index is 12.9. The number of piperazine rings is 1. The first-order valence-electron chi connectivity index (χ1n) is 11.1. The normalized spacial score (nSPS) is 18.1. The average molecular weight is 425 g/mol. The molecule has 2 N–H and O–H groups in total. The summed E-state index contributed by atoms with van der Waals surface area (Å²) in [5.41, 5.74) is 2.20. The molecule has 7 heteroatoms. The van der Waals surface area contributed by atoms with Crippen LogP contribution in [0.2, 0.25) is 0 Å². The van der Waals surface area contributed by atoms with Crippen molar-refractivity contribution in [3.8, 4) is 11.5 Å². The van der Waals surface area contributed by atoms with Gasteiger partial charge in [0.2, 0.25) is 0 Å². The summed E-state index contributed by atoms with van der Waals surface area (Å²) in [6.07, 6.45) is 2.41.